The van der Waals surface area contributed by atoms with Gasteiger partial charge in [-0.3, -0.25) is 19.4 Å². The molecule has 2 aliphatic rings. The Labute approximate surface area is 150 Å². The summed E-state index contributed by atoms with van der Waals surface area (Å²) >= 11 is 0. The molecule has 0 bridgehead atoms. The molecule has 1 aliphatic heterocycles. The number of imide groups is 1. The second-order valence-corrected chi connectivity index (χ2v) is 7.02. The lowest BCUT2D eigenvalue weighted by atomic mass is 9.82. The SMILES string of the molecule is CN(CCCNC(=O)CN1C(=O)NC2(CCCCC2)C1=O)CC(F)(F)F. The quantitative estimate of drug-likeness (QED) is 0.516. The summed E-state index contributed by atoms with van der Waals surface area (Å²) in [6, 6.07) is -0.558. The molecule has 0 radical (unpaired) electrons. The highest BCUT2D eigenvalue weighted by Crippen LogP contribution is 2.33. The lowest BCUT2D eigenvalue weighted by molar-refractivity contribution is -0.143. The molecule has 0 aromatic carbocycles. The molecular formula is C16H25F3N4O3. The van der Waals surface area contributed by atoms with E-state index in [2.05, 4.69) is 10.6 Å². The van der Waals surface area contributed by atoms with Crippen LogP contribution in [0.4, 0.5) is 18.0 Å². The molecule has 1 saturated heterocycles. The van der Waals surface area contributed by atoms with Gasteiger partial charge in [-0.1, -0.05) is 19.3 Å². The summed E-state index contributed by atoms with van der Waals surface area (Å²) in [6.07, 6.45) is -0.00934. The average molecular weight is 378 g/mol. The van der Waals surface area contributed by atoms with Gasteiger partial charge < -0.3 is 10.6 Å². The molecular weight excluding hydrogens is 353 g/mol. The van der Waals surface area contributed by atoms with E-state index in [0.29, 0.717) is 19.3 Å². The smallest absolute Gasteiger partial charge is 0.354 e. The van der Waals surface area contributed by atoms with Crippen molar-refractivity contribution in [2.24, 2.45) is 0 Å². The van der Waals surface area contributed by atoms with Crippen molar-refractivity contribution >= 4 is 17.8 Å². The number of hydrogen-bond acceptors (Lipinski definition) is 4. The Balaban J connectivity index is 1.72. The number of alkyl halides is 3. The predicted octanol–water partition coefficient (Wildman–Crippen LogP) is 1.24. The highest BCUT2D eigenvalue weighted by Gasteiger charge is 2.51. The topological polar surface area (TPSA) is 81.8 Å². The van der Waals surface area contributed by atoms with Gasteiger partial charge in [0.1, 0.15) is 12.1 Å². The number of carbonyl (C=O) groups is 3. The van der Waals surface area contributed by atoms with E-state index in [4.69, 9.17) is 0 Å². The van der Waals surface area contributed by atoms with Crippen LogP contribution in [-0.2, 0) is 9.59 Å². The van der Waals surface area contributed by atoms with Crippen LogP contribution in [-0.4, -0.2) is 72.6 Å². The van der Waals surface area contributed by atoms with Gasteiger partial charge in [-0.2, -0.15) is 13.2 Å². The van der Waals surface area contributed by atoms with Crippen LogP contribution >= 0.6 is 0 Å². The Morgan fingerprint density at radius 1 is 1.27 bits per heavy atom. The summed E-state index contributed by atoms with van der Waals surface area (Å²) in [5.74, 6) is -0.859. The Kier molecular flexibility index (Phi) is 6.48. The van der Waals surface area contributed by atoms with E-state index < -0.39 is 30.2 Å². The minimum absolute atomic E-state index is 0.173. The molecule has 0 unspecified atom stereocenters. The molecule has 7 nitrogen and oxygen atoms in total. The number of nitrogens with one attached hydrogen (secondary N) is 2. The Morgan fingerprint density at radius 2 is 1.92 bits per heavy atom. The van der Waals surface area contributed by atoms with Crippen molar-refractivity contribution in [2.75, 3.05) is 33.2 Å². The first-order valence-electron chi connectivity index (χ1n) is 8.79. The van der Waals surface area contributed by atoms with Crippen molar-refractivity contribution in [2.45, 2.75) is 50.2 Å². The van der Waals surface area contributed by atoms with E-state index in [9.17, 15) is 27.6 Å². The van der Waals surface area contributed by atoms with E-state index in [1.807, 2.05) is 0 Å². The monoisotopic (exact) mass is 378 g/mol. The maximum absolute atomic E-state index is 12.5. The fraction of sp³-hybridized carbons (Fsp3) is 0.812. The summed E-state index contributed by atoms with van der Waals surface area (Å²) < 4.78 is 36.6. The van der Waals surface area contributed by atoms with Crippen LogP contribution in [0.5, 0.6) is 0 Å². The predicted molar refractivity (Wildman–Crippen MR) is 87.2 cm³/mol. The van der Waals surface area contributed by atoms with Crippen LogP contribution in [0, 0.1) is 0 Å². The Morgan fingerprint density at radius 3 is 2.54 bits per heavy atom. The molecule has 1 spiro atoms. The maximum Gasteiger partial charge on any atom is 0.401 e. The van der Waals surface area contributed by atoms with Gasteiger partial charge in [0.15, 0.2) is 0 Å². The zero-order valence-corrected chi connectivity index (χ0v) is 14.8. The molecule has 148 valence electrons. The van der Waals surface area contributed by atoms with Gasteiger partial charge >= 0.3 is 12.2 Å². The highest BCUT2D eigenvalue weighted by atomic mass is 19.4. The average Bonchev–Trinajstić information content (AvgIpc) is 2.75. The second kappa shape index (κ2) is 8.24. The standard InChI is InChI=1S/C16H25F3N4O3/c1-22(11-16(17,18)19)9-5-8-20-12(24)10-23-13(25)15(21-14(23)26)6-3-2-4-7-15/h2-11H2,1H3,(H,20,24)(H,21,26). The molecule has 1 saturated carbocycles. The molecule has 2 fully saturated rings. The largest absolute Gasteiger partial charge is 0.401 e. The highest BCUT2D eigenvalue weighted by molar-refractivity contribution is 6.09. The van der Waals surface area contributed by atoms with Crippen molar-refractivity contribution < 1.29 is 27.6 Å². The second-order valence-electron chi connectivity index (χ2n) is 7.02. The molecule has 1 heterocycles. The van der Waals surface area contributed by atoms with Crippen molar-refractivity contribution in [1.29, 1.82) is 0 Å². The first-order valence-corrected chi connectivity index (χ1v) is 8.79. The lowest BCUT2D eigenvalue weighted by Gasteiger charge is -2.30. The van der Waals surface area contributed by atoms with Crippen LogP contribution in [0.25, 0.3) is 0 Å². The van der Waals surface area contributed by atoms with E-state index in [-0.39, 0.29) is 25.5 Å². The molecule has 0 atom stereocenters. The van der Waals surface area contributed by atoms with Crippen LogP contribution in [0.3, 0.4) is 0 Å². The zero-order valence-electron chi connectivity index (χ0n) is 14.8. The summed E-state index contributed by atoms with van der Waals surface area (Å²) in [5, 5.41) is 5.26. The molecule has 10 heteroatoms. The number of nitrogens with zero attached hydrogens (tertiary/aromatic N) is 2. The summed E-state index contributed by atoms with van der Waals surface area (Å²) in [7, 11) is 1.35. The Bertz CT molecular complexity index is 547. The first-order chi connectivity index (χ1) is 12.1. The van der Waals surface area contributed by atoms with E-state index in [0.717, 1.165) is 29.1 Å². The summed E-state index contributed by atoms with van der Waals surface area (Å²) in [4.78, 5) is 38.6. The number of amides is 4. The molecule has 0 aromatic heterocycles. The zero-order chi connectivity index (χ0) is 19.4. The van der Waals surface area contributed by atoms with Crippen molar-refractivity contribution in [3.05, 3.63) is 0 Å². The third kappa shape index (κ3) is 5.33. The fourth-order valence-electron chi connectivity index (χ4n) is 3.48. The molecule has 1 aliphatic carbocycles. The molecule has 2 N–H and O–H groups in total. The fourth-order valence-corrected chi connectivity index (χ4v) is 3.48. The first kappa shape index (κ1) is 20.5. The summed E-state index contributed by atoms with van der Waals surface area (Å²) in [6.45, 7) is -1.03. The normalized spacial score (nSPS) is 20.0. The van der Waals surface area contributed by atoms with Crippen molar-refractivity contribution in [3.8, 4) is 0 Å². The van der Waals surface area contributed by atoms with Gasteiger partial charge in [0.25, 0.3) is 5.91 Å². The van der Waals surface area contributed by atoms with E-state index >= 15 is 0 Å². The molecule has 26 heavy (non-hydrogen) atoms. The van der Waals surface area contributed by atoms with Gasteiger partial charge in [-0.05, 0) is 32.9 Å². The van der Waals surface area contributed by atoms with Gasteiger partial charge in [0.2, 0.25) is 5.91 Å². The van der Waals surface area contributed by atoms with E-state index in [1.165, 1.54) is 7.05 Å². The van der Waals surface area contributed by atoms with Crippen LogP contribution < -0.4 is 10.6 Å². The van der Waals surface area contributed by atoms with Gasteiger partial charge in [0, 0.05) is 6.54 Å². The van der Waals surface area contributed by atoms with Crippen molar-refractivity contribution in [1.82, 2.24) is 20.4 Å². The number of hydrogen-bond donors (Lipinski definition) is 2. The van der Waals surface area contributed by atoms with Crippen LogP contribution in [0.2, 0.25) is 0 Å². The third-order valence-electron chi connectivity index (χ3n) is 4.74. The summed E-state index contributed by atoms with van der Waals surface area (Å²) in [5.41, 5.74) is -0.865. The molecule has 4 amide bonds. The van der Waals surface area contributed by atoms with Crippen LogP contribution in [0.1, 0.15) is 38.5 Å². The van der Waals surface area contributed by atoms with Crippen molar-refractivity contribution in [3.63, 3.8) is 0 Å². The number of rotatable bonds is 7. The van der Waals surface area contributed by atoms with Gasteiger partial charge in [0.05, 0.1) is 6.54 Å². The van der Waals surface area contributed by atoms with Gasteiger partial charge in [-0.25, -0.2) is 4.79 Å². The molecule has 0 aromatic rings. The number of urea groups is 1. The Hall–Kier alpha value is -1.84. The molecule has 2 rings (SSSR count). The van der Waals surface area contributed by atoms with Gasteiger partial charge in [-0.15, -0.1) is 0 Å². The minimum Gasteiger partial charge on any atom is -0.354 e. The number of carbonyl (C=O) groups excluding carboxylic acids is 3. The maximum atomic E-state index is 12.5. The number of halogens is 3. The van der Waals surface area contributed by atoms with Crippen LogP contribution in [0.15, 0.2) is 0 Å². The minimum atomic E-state index is -4.25. The lowest BCUT2D eigenvalue weighted by Crippen LogP contribution is -2.49. The third-order valence-corrected chi connectivity index (χ3v) is 4.74. The van der Waals surface area contributed by atoms with E-state index in [1.54, 1.807) is 0 Å².